The SMILES string of the molecule is CCC(CCBr)CNS(=O)(=O)c1cccc2c1N=S=N2. The summed E-state index contributed by atoms with van der Waals surface area (Å²) < 4.78 is 35.6. The normalized spacial score (nSPS) is 14.9. The first kappa shape index (κ1) is 15.8. The summed E-state index contributed by atoms with van der Waals surface area (Å²) in [7, 11) is -3.54. The van der Waals surface area contributed by atoms with Gasteiger partial charge in [-0.15, -0.1) is 0 Å². The molecule has 0 bridgehead atoms. The minimum absolute atomic E-state index is 0.206. The van der Waals surface area contributed by atoms with Gasteiger partial charge < -0.3 is 0 Å². The number of rotatable bonds is 7. The number of hydrogen-bond donors (Lipinski definition) is 1. The van der Waals surface area contributed by atoms with Gasteiger partial charge in [-0.05, 0) is 24.5 Å². The standard InChI is InChI=1S/C12H16BrN3O2S2/c1-2-9(6-7-13)8-14-20(17,18)11-5-3-4-10-12(11)16-19-15-10/h3-5,9,14H,2,6-8H2,1H3. The third-order valence-corrected chi connectivity index (χ3v) is 5.65. The lowest BCUT2D eigenvalue weighted by Crippen LogP contribution is -2.29. The monoisotopic (exact) mass is 377 g/mol. The van der Waals surface area contributed by atoms with Crippen LogP contribution in [0.3, 0.4) is 0 Å². The largest absolute Gasteiger partial charge is 0.242 e. The highest BCUT2D eigenvalue weighted by atomic mass is 79.9. The van der Waals surface area contributed by atoms with E-state index < -0.39 is 10.0 Å². The zero-order valence-corrected chi connectivity index (χ0v) is 14.3. The Bertz CT molecular complexity index is 655. The molecule has 0 saturated carbocycles. The summed E-state index contributed by atoms with van der Waals surface area (Å²) in [6.07, 6.45) is 1.89. The van der Waals surface area contributed by atoms with E-state index in [-0.39, 0.29) is 4.90 Å². The molecule has 0 spiro atoms. The van der Waals surface area contributed by atoms with Crippen LogP contribution < -0.4 is 4.72 Å². The van der Waals surface area contributed by atoms with Crippen molar-refractivity contribution in [2.75, 3.05) is 11.9 Å². The lowest BCUT2D eigenvalue weighted by Gasteiger charge is -2.15. The van der Waals surface area contributed by atoms with Gasteiger partial charge in [0.2, 0.25) is 10.0 Å². The molecule has 110 valence electrons. The predicted octanol–water partition coefficient (Wildman–Crippen LogP) is 3.50. The van der Waals surface area contributed by atoms with Crippen LogP contribution in [0.4, 0.5) is 11.4 Å². The average molecular weight is 378 g/mol. The second kappa shape index (κ2) is 6.93. The van der Waals surface area contributed by atoms with E-state index in [9.17, 15) is 8.42 Å². The number of nitrogens with zero attached hydrogens (tertiary/aromatic N) is 2. The maximum atomic E-state index is 12.4. The third kappa shape index (κ3) is 3.55. The van der Waals surface area contributed by atoms with Crippen LogP contribution in [0.15, 0.2) is 31.8 Å². The molecule has 5 nitrogen and oxygen atoms in total. The van der Waals surface area contributed by atoms with E-state index in [1.165, 1.54) is 0 Å². The Kier molecular flexibility index (Phi) is 5.48. The Morgan fingerprint density at radius 2 is 2.20 bits per heavy atom. The molecule has 1 atom stereocenters. The second-order valence-electron chi connectivity index (χ2n) is 4.49. The number of nitrogens with one attached hydrogen (secondary N) is 1. The summed E-state index contributed by atoms with van der Waals surface area (Å²) in [5, 5.41) is 0.874. The Morgan fingerprint density at radius 1 is 1.40 bits per heavy atom. The maximum Gasteiger partial charge on any atom is 0.242 e. The first-order valence-electron chi connectivity index (χ1n) is 6.35. The molecule has 0 radical (unpaired) electrons. The number of halogens is 1. The van der Waals surface area contributed by atoms with Crippen LogP contribution in [-0.2, 0) is 21.4 Å². The highest BCUT2D eigenvalue weighted by Gasteiger charge is 2.22. The highest BCUT2D eigenvalue weighted by molar-refractivity contribution is 9.09. The van der Waals surface area contributed by atoms with E-state index in [1.807, 2.05) is 0 Å². The van der Waals surface area contributed by atoms with Gasteiger partial charge in [0, 0.05) is 11.9 Å². The zero-order valence-electron chi connectivity index (χ0n) is 11.0. The Balaban J connectivity index is 2.16. The molecule has 1 aliphatic heterocycles. The molecule has 2 rings (SSSR count). The molecule has 20 heavy (non-hydrogen) atoms. The number of alkyl halides is 1. The number of benzene rings is 1. The van der Waals surface area contributed by atoms with E-state index >= 15 is 0 Å². The van der Waals surface area contributed by atoms with Crippen LogP contribution >= 0.6 is 15.9 Å². The average Bonchev–Trinajstić information content (AvgIpc) is 2.91. The van der Waals surface area contributed by atoms with Crippen LogP contribution in [0.25, 0.3) is 0 Å². The van der Waals surface area contributed by atoms with E-state index in [0.29, 0.717) is 23.8 Å². The quantitative estimate of drug-likeness (QED) is 0.749. The summed E-state index contributed by atoms with van der Waals surface area (Å²) in [6.45, 7) is 2.51. The lowest BCUT2D eigenvalue weighted by molar-refractivity contribution is 0.483. The molecule has 1 heterocycles. The van der Waals surface area contributed by atoms with Crippen molar-refractivity contribution in [1.82, 2.24) is 4.72 Å². The van der Waals surface area contributed by atoms with Gasteiger partial charge in [0.25, 0.3) is 0 Å². The van der Waals surface area contributed by atoms with Crippen molar-refractivity contribution in [3.05, 3.63) is 18.2 Å². The van der Waals surface area contributed by atoms with Crippen molar-refractivity contribution in [2.24, 2.45) is 14.6 Å². The van der Waals surface area contributed by atoms with Crippen LogP contribution in [0.1, 0.15) is 19.8 Å². The fraction of sp³-hybridized carbons (Fsp3) is 0.500. The minimum atomic E-state index is -3.54. The van der Waals surface area contributed by atoms with Gasteiger partial charge in [-0.2, -0.15) is 8.73 Å². The lowest BCUT2D eigenvalue weighted by atomic mass is 10.0. The van der Waals surface area contributed by atoms with E-state index in [2.05, 4.69) is 36.3 Å². The number of fused-ring (bicyclic) bond motifs is 1. The minimum Gasteiger partial charge on any atom is -0.211 e. The van der Waals surface area contributed by atoms with Crippen LogP contribution in [0.2, 0.25) is 0 Å². The first-order valence-corrected chi connectivity index (χ1v) is 9.69. The maximum absolute atomic E-state index is 12.4. The Morgan fingerprint density at radius 3 is 2.90 bits per heavy atom. The second-order valence-corrected chi connectivity index (χ2v) is 7.55. The summed E-state index contributed by atoms with van der Waals surface area (Å²) in [6, 6.07) is 5.02. The number of hydrogen-bond acceptors (Lipinski definition) is 4. The molecule has 1 aliphatic rings. The van der Waals surface area contributed by atoms with Crippen LogP contribution in [0.5, 0.6) is 0 Å². The Hall–Kier alpha value is -0.570. The van der Waals surface area contributed by atoms with Gasteiger partial charge in [-0.3, -0.25) is 0 Å². The zero-order chi connectivity index (χ0) is 14.6. The molecule has 0 aliphatic carbocycles. The summed E-state index contributed by atoms with van der Waals surface area (Å²) >= 11 is 4.41. The van der Waals surface area contributed by atoms with Crippen molar-refractivity contribution in [3.8, 4) is 0 Å². The van der Waals surface area contributed by atoms with Gasteiger partial charge >= 0.3 is 0 Å². The van der Waals surface area contributed by atoms with Crippen molar-refractivity contribution in [2.45, 2.75) is 24.7 Å². The fourth-order valence-corrected chi connectivity index (χ4v) is 4.44. The molecular formula is C12H16BrN3O2S2. The molecule has 8 heteroatoms. The summed E-state index contributed by atoms with van der Waals surface area (Å²) in [5.41, 5.74) is 1.06. The molecular weight excluding hydrogens is 362 g/mol. The van der Waals surface area contributed by atoms with Crippen molar-refractivity contribution in [1.29, 1.82) is 0 Å². The summed E-state index contributed by atoms with van der Waals surface area (Å²) in [4.78, 5) is 0.206. The molecule has 1 aromatic carbocycles. The van der Waals surface area contributed by atoms with E-state index in [4.69, 9.17) is 0 Å². The van der Waals surface area contributed by atoms with Gasteiger partial charge in [0.05, 0.1) is 11.4 Å². The smallest absolute Gasteiger partial charge is 0.211 e. The van der Waals surface area contributed by atoms with Gasteiger partial charge in [0.15, 0.2) is 0 Å². The van der Waals surface area contributed by atoms with Crippen molar-refractivity contribution >= 4 is 48.7 Å². The topological polar surface area (TPSA) is 70.9 Å². The molecule has 1 N–H and O–H groups in total. The molecule has 1 aromatic rings. The molecule has 0 saturated heterocycles. The predicted molar refractivity (Wildman–Crippen MR) is 85.4 cm³/mol. The van der Waals surface area contributed by atoms with E-state index in [1.54, 1.807) is 18.2 Å². The van der Waals surface area contributed by atoms with Crippen molar-refractivity contribution < 1.29 is 8.42 Å². The van der Waals surface area contributed by atoms with Gasteiger partial charge in [0.1, 0.15) is 16.3 Å². The molecule has 0 aromatic heterocycles. The Labute approximate surface area is 131 Å². The molecule has 0 fully saturated rings. The van der Waals surface area contributed by atoms with Gasteiger partial charge in [-0.25, -0.2) is 13.1 Å². The highest BCUT2D eigenvalue weighted by Crippen LogP contribution is 2.37. The molecule has 0 amide bonds. The first-order chi connectivity index (χ1) is 9.58. The number of sulfonamides is 1. The van der Waals surface area contributed by atoms with Crippen molar-refractivity contribution in [3.63, 3.8) is 0 Å². The van der Waals surface area contributed by atoms with Crippen LogP contribution in [0, 0.1) is 5.92 Å². The summed E-state index contributed by atoms with van der Waals surface area (Å²) in [5.74, 6) is 0.330. The van der Waals surface area contributed by atoms with E-state index in [0.717, 1.165) is 29.5 Å². The molecule has 1 unspecified atom stereocenters. The third-order valence-electron chi connectivity index (χ3n) is 3.20. The van der Waals surface area contributed by atoms with Gasteiger partial charge in [-0.1, -0.05) is 35.3 Å². The fourth-order valence-electron chi connectivity index (χ4n) is 1.91. The van der Waals surface area contributed by atoms with Crippen LogP contribution in [-0.4, -0.2) is 20.3 Å².